The number of rotatable bonds is 5. The predicted octanol–water partition coefficient (Wildman–Crippen LogP) is 3.35. The normalized spacial score (nSPS) is 12.3. The number of benzene rings is 2. The zero-order valence-corrected chi connectivity index (χ0v) is 13.5. The maximum Gasteiger partial charge on any atom is 0.225 e. The number of aliphatic hydroxyl groups is 1. The highest BCUT2D eigenvalue weighted by molar-refractivity contribution is 6.30. The lowest BCUT2D eigenvalue weighted by molar-refractivity contribution is -0.121. The van der Waals surface area contributed by atoms with Crippen LogP contribution in [0.2, 0.25) is 5.02 Å². The summed E-state index contributed by atoms with van der Waals surface area (Å²) in [5.41, 5.74) is 2.28. The van der Waals surface area contributed by atoms with Crippen molar-refractivity contribution in [3.8, 4) is 0 Å². The van der Waals surface area contributed by atoms with Gasteiger partial charge in [0.1, 0.15) is 5.82 Å². The fourth-order valence-corrected chi connectivity index (χ4v) is 2.78. The number of halogens is 2. The Hall–Kier alpha value is -2.37. The van der Waals surface area contributed by atoms with E-state index in [1.54, 1.807) is 12.3 Å². The van der Waals surface area contributed by atoms with Crippen LogP contribution in [0.1, 0.15) is 17.2 Å². The largest absolute Gasteiger partial charge is 0.394 e. The van der Waals surface area contributed by atoms with E-state index in [0.29, 0.717) is 5.56 Å². The van der Waals surface area contributed by atoms with Gasteiger partial charge in [-0.3, -0.25) is 4.79 Å². The lowest BCUT2D eigenvalue weighted by Crippen LogP contribution is -2.32. The first kappa shape index (κ1) is 16.5. The van der Waals surface area contributed by atoms with Crippen molar-refractivity contribution >= 4 is 28.4 Å². The van der Waals surface area contributed by atoms with E-state index < -0.39 is 11.9 Å². The standard InChI is InChI=1S/C18H16ClFN2O2/c19-14-6-5-11(7-15(14)20)17(10-23)22-18(24)8-12-9-21-16-4-2-1-3-13(12)16/h1-7,9,17,21,23H,8,10H2,(H,22,24). The Kier molecular flexibility index (Phi) is 4.83. The van der Waals surface area contributed by atoms with Gasteiger partial charge in [-0.25, -0.2) is 4.39 Å². The second kappa shape index (κ2) is 7.03. The zero-order valence-electron chi connectivity index (χ0n) is 12.7. The fraction of sp³-hybridized carbons (Fsp3) is 0.167. The van der Waals surface area contributed by atoms with Gasteiger partial charge in [0.15, 0.2) is 0 Å². The molecule has 24 heavy (non-hydrogen) atoms. The van der Waals surface area contributed by atoms with Crippen molar-refractivity contribution in [2.24, 2.45) is 0 Å². The Balaban J connectivity index is 1.73. The first-order chi connectivity index (χ1) is 11.6. The summed E-state index contributed by atoms with van der Waals surface area (Å²) in [5.74, 6) is -0.840. The molecule has 0 saturated heterocycles. The summed E-state index contributed by atoms with van der Waals surface area (Å²) in [7, 11) is 0. The van der Waals surface area contributed by atoms with Crippen molar-refractivity contribution < 1.29 is 14.3 Å². The first-order valence-electron chi connectivity index (χ1n) is 7.48. The van der Waals surface area contributed by atoms with Crippen LogP contribution in [0.15, 0.2) is 48.7 Å². The molecule has 0 bridgehead atoms. The summed E-state index contributed by atoms with van der Waals surface area (Å²) in [5, 5.41) is 13.2. The number of amides is 1. The van der Waals surface area contributed by atoms with E-state index in [4.69, 9.17) is 11.6 Å². The summed E-state index contributed by atoms with van der Waals surface area (Å²) in [6, 6.07) is 11.2. The number of hydrogen-bond donors (Lipinski definition) is 3. The molecule has 0 aliphatic heterocycles. The van der Waals surface area contributed by atoms with Gasteiger partial charge in [0.2, 0.25) is 5.91 Å². The molecule has 1 amide bonds. The average molecular weight is 347 g/mol. The van der Waals surface area contributed by atoms with Crippen LogP contribution in [0.4, 0.5) is 4.39 Å². The van der Waals surface area contributed by atoms with Crippen molar-refractivity contribution in [1.82, 2.24) is 10.3 Å². The van der Waals surface area contributed by atoms with Crippen LogP contribution in [-0.4, -0.2) is 22.6 Å². The molecule has 124 valence electrons. The molecule has 2 aromatic carbocycles. The number of aromatic nitrogens is 1. The topological polar surface area (TPSA) is 65.1 Å². The number of carbonyl (C=O) groups is 1. The maximum absolute atomic E-state index is 13.6. The number of aliphatic hydroxyl groups excluding tert-OH is 1. The Morgan fingerprint density at radius 3 is 2.83 bits per heavy atom. The van der Waals surface area contributed by atoms with Crippen molar-refractivity contribution in [2.45, 2.75) is 12.5 Å². The molecule has 3 rings (SSSR count). The van der Waals surface area contributed by atoms with Crippen LogP contribution in [0.5, 0.6) is 0 Å². The predicted molar refractivity (Wildman–Crippen MR) is 91.4 cm³/mol. The van der Waals surface area contributed by atoms with Crippen LogP contribution < -0.4 is 5.32 Å². The number of hydrogen-bond acceptors (Lipinski definition) is 2. The van der Waals surface area contributed by atoms with Crippen LogP contribution >= 0.6 is 11.6 Å². The molecule has 0 aliphatic carbocycles. The Labute approximate surface area is 143 Å². The third-order valence-corrected chi connectivity index (χ3v) is 4.20. The van der Waals surface area contributed by atoms with E-state index in [0.717, 1.165) is 16.5 Å². The molecule has 0 aliphatic rings. The fourth-order valence-electron chi connectivity index (χ4n) is 2.66. The van der Waals surface area contributed by atoms with Crippen LogP contribution in [-0.2, 0) is 11.2 Å². The smallest absolute Gasteiger partial charge is 0.225 e. The third-order valence-electron chi connectivity index (χ3n) is 3.89. The average Bonchev–Trinajstić information content (AvgIpc) is 2.98. The maximum atomic E-state index is 13.6. The molecule has 1 atom stereocenters. The molecular formula is C18H16ClFN2O2. The molecule has 4 nitrogen and oxygen atoms in total. The second-order valence-electron chi connectivity index (χ2n) is 5.51. The third kappa shape index (κ3) is 3.42. The number of H-pyrrole nitrogens is 1. The lowest BCUT2D eigenvalue weighted by Gasteiger charge is -2.17. The summed E-state index contributed by atoms with van der Waals surface area (Å²) in [6.07, 6.45) is 1.96. The summed E-state index contributed by atoms with van der Waals surface area (Å²) in [6.45, 7) is -0.333. The summed E-state index contributed by atoms with van der Waals surface area (Å²) >= 11 is 5.66. The molecular weight excluding hydrogens is 331 g/mol. The van der Waals surface area contributed by atoms with Crippen LogP contribution in [0, 0.1) is 5.82 Å². The molecule has 0 fully saturated rings. The minimum absolute atomic E-state index is 0.000517. The molecule has 0 saturated carbocycles. The Bertz CT molecular complexity index is 878. The van der Waals surface area contributed by atoms with Crippen molar-refractivity contribution in [3.05, 3.63) is 70.6 Å². The molecule has 1 unspecified atom stereocenters. The van der Waals surface area contributed by atoms with E-state index in [9.17, 15) is 14.3 Å². The monoisotopic (exact) mass is 346 g/mol. The minimum atomic E-state index is -0.686. The highest BCUT2D eigenvalue weighted by Gasteiger charge is 2.16. The first-order valence-corrected chi connectivity index (χ1v) is 7.86. The van der Waals surface area contributed by atoms with Gasteiger partial charge in [-0.2, -0.15) is 0 Å². The zero-order chi connectivity index (χ0) is 17.1. The number of aromatic amines is 1. The van der Waals surface area contributed by atoms with Gasteiger partial charge < -0.3 is 15.4 Å². The molecule has 3 aromatic rings. The van der Waals surface area contributed by atoms with E-state index in [1.807, 2.05) is 24.3 Å². The van der Waals surface area contributed by atoms with Crippen molar-refractivity contribution in [1.29, 1.82) is 0 Å². The van der Waals surface area contributed by atoms with Gasteiger partial charge in [0.25, 0.3) is 0 Å². The summed E-state index contributed by atoms with van der Waals surface area (Å²) in [4.78, 5) is 15.4. The van der Waals surface area contributed by atoms with Crippen LogP contribution in [0.3, 0.4) is 0 Å². The van der Waals surface area contributed by atoms with Gasteiger partial charge in [-0.05, 0) is 29.3 Å². The van der Waals surface area contributed by atoms with E-state index in [1.165, 1.54) is 12.1 Å². The van der Waals surface area contributed by atoms with Gasteiger partial charge >= 0.3 is 0 Å². The summed E-state index contributed by atoms with van der Waals surface area (Å²) < 4.78 is 13.6. The lowest BCUT2D eigenvalue weighted by atomic mass is 10.1. The van der Waals surface area contributed by atoms with Gasteiger partial charge in [-0.15, -0.1) is 0 Å². The van der Waals surface area contributed by atoms with Crippen LogP contribution in [0.25, 0.3) is 10.9 Å². The number of nitrogens with one attached hydrogen (secondary N) is 2. The Morgan fingerprint density at radius 1 is 1.29 bits per heavy atom. The van der Waals surface area contributed by atoms with Gasteiger partial charge in [0, 0.05) is 17.1 Å². The highest BCUT2D eigenvalue weighted by atomic mass is 35.5. The quantitative estimate of drug-likeness (QED) is 0.663. The second-order valence-corrected chi connectivity index (χ2v) is 5.92. The SMILES string of the molecule is O=C(Cc1c[nH]c2ccccc12)NC(CO)c1ccc(Cl)c(F)c1. The van der Waals surface area contributed by atoms with Gasteiger partial charge in [0.05, 0.1) is 24.1 Å². The molecule has 0 spiro atoms. The van der Waals surface area contributed by atoms with E-state index >= 15 is 0 Å². The van der Waals surface area contributed by atoms with E-state index in [-0.39, 0.29) is 24.0 Å². The van der Waals surface area contributed by atoms with E-state index in [2.05, 4.69) is 10.3 Å². The highest BCUT2D eigenvalue weighted by Crippen LogP contribution is 2.21. The Morgan fingerprint density at radius 2 is 2.08 bits per heavy atom. The number of carbonyl (C=O) groups excluding carboxylic acids is 1. The van der Waals surface area contributed by atoms with Crippen molar-refractivity contribution in [3.63, 3.8) is 0 Å². The number of fused-ring (bicyclic) bond motifs is 1. The molecule has 1 aromatic heterocycles. The molecule has 3 N–H and O–H groups in total. The molecule has 6 heteroatoms. The van der Waals surface area contributed by atoms with Crippen molar-refractivity contribution in [2.75, 3.05) is 6.61 Å². The molecule has 1 heterocycles. The minimum Gasteiger partial charge on any atom is -0.394 e. The molecule has 0 radical (unpaired) electrons. The number of para-hydroxylation sites is 1. The van der Waals surface area contributed by atoms with Gasteiger partial charge in [-0.1, -0.05) is 35.9 Å².